The minimum atomic E-state index is -0.295. The second-order valence-electron chi connectivity index (χ2n) is 7.06. The molecule has 132 valence electrons. The van der Waals surface area contributed by atoms with Gasteiger partial charge in [-0.25, -0.2) is 4.39 Å². The molecule has 2 fully saturated rings. The van der Waals surface area contributed by atoms with E-state index in [9.17, 15) is 9.18 Å². The molecule has 1 atom stereocenters. The minimum Gasteiger partial charge on any atom is -0.469 e. The lowest BCUT2D eigenvalue weighted by Crippen LogP contribution is -2.60. The normalized spacial score (nSPS) is 21.3. The lowest BCUT2D eigenvalue weighted by atomic mass is 9.72. The Balaban J connectivity index is 1.69. The number of rotatable bonds is 5. The van der Waals surface area contributed by atoms with Gasteiger partial charge in [-0.2, -0.15) is 0 Å². The Morgan fingerprint density at radius 2 is 2.12 bits per heavy atom. The Labute approximate surface area is 150 Å². The van der Waals surface area contributed by atoms with Gasteiger partial charge in [0.15, 0.2) is 0 Å². The third kappa shape index (κ3) is 3.98. The molecule has 0 bridgehead atoms. The van der Waals surface area contributed by atoms with Gasteiger partial charge in [0.1, 0.15) is 5.82 Å². The summed E-state index contributed by atoms with van der Waals surface area (Å²) in [4.78, 5) is 14.1. The number of methoxy groups -OCH3 is 1. The highest BCUT2D eigenvalue weighted by Crippen LogP contribution is 2.40. The number of nitrogens with zero attached hydrogens (tertiary/aromatic N) is 1. The Morgan fingerprint density at radius 1 is 1.42 bits per heavy atom. The number of halogens is 2. The zero-order valence-corrected chi connectivity index (χ0v) is 15.6. The van der Waals surface area contributed by atoms with Gasteiger partial charge in [0.2, 0.25) is 0 Å². The Bertz CT molecular complexity index is 597. The van der Waals surface area contributed by atoms with Crippen molar-refractivity contribution in [2.75, 3.05) is 39.8 Å². The minimum absolute atomic E-state index is 0.186. The number of likely N-dealkylation sites (tertiary alicyclic amines) is 1. The summed E-state index contributed by atoms with van der Waals surface area (Å²) in [5.41, 5.74) is 1.01. The molecular formula is C18H24BrFN2O2. The average molecular weight is 399 g/mol. The fourth-order valence-corrected chi connectivity index (χ4v) is 4.38. The molecule has 2 saturated heterocycles. The summed E-state index contributed by atoms with van der Waals surface area (Å²) < 4.78 is 19.9. The molecule has 1 spiro atoms. The summed E-state index contributed by atoms with van der Waals surface area (Å²) in [6.07, 6.45) is 2.61. The number of benzene rings is 1. The zero-order chi connectivity index (χ0) is 17.2. The molecule has 2 aliphatic rings. The van der Waals surface area contributed by atoms with Gasteiger partial charge in [0.05, 0.1) is 13.5 Å². The highest BCUT2D eigenvalue weighted by atomic mass is 79.9. The van der Waals surface area contributed by atoms with Crippen LogP contribution in [0.1, 0.15) is 30.7 Å². The van der Waals surface area contributed by atoms with Gasteiger partial charge in [-0.15, -0.1) is 0 Å². The van der Waals surface area contributed by atoms with E-state index in [1.807, 2.05) is 0 Å². The van der Waals surface area contributed by atoms with Crippen LogP contribution in [0.15, 0.2) is 22.7 Å². The molecule has 1 aromatic carbocycles. The first-order valence-electron chi connectivity index (χ1n) is 8.46. The fraction of sp³-hybridized carbons (Fsp3) is 0.611. The molecule has 3 rings (SSSR count). The van der Waals surface area contributed by atoms with Crippen molar-refractivity contribution < 1.29 is 13.9 Å². The summed E-state index contributed by atoms with van der Waals surface area (Å²) >= 11 is 3.40. The maximum atomic E-state index is 14.3. The molecule has 6 heteroatoms. The molecule has 0 radical (unpaired) electrons. The predicted molar refractivity (Wildman–Crippen MR) is 94.5 cm³/mol. The lowest BCUT2D eigenvalue weighted by Gasteiger charge is -2.53. The molecule has 0 unspecified atom stereocenters. The Kier molecular flexibility index (Phi) is 5.57. The maximum absolute atomic E-state index is 14.3. The van der Waals surface area contributed by atoms with Crippen LogP contribution in [0.2, 0.25) is 0 Å². The standard InChI is InChI=1S/C18H24BrFN2O2/c1-24-17(23)8-13(15-9-14(19)2-3-16(15)20)10-22-11-18(12-22)4-6-21-7-5-18/h2-3,9,13,21H,4-8,10-12H2,1H3/t13-/m1/s1. The van der Waals surface area contributed by atoms with Crippen molar-refractivity contribution >= 4 is 21.9 Å². The van der Waals surface area contributed by atoms with Crippen LogP contribution >= 0.6 is 15.9 Å². The highest BCUT2D eigenvalue weighted by molar-refractivity contribution is 9.10. The van der Waals surface area contributed by atoms with E-state index in [0.29, 0.717) is 17.5 Å². The molecule has 0 amide bonds. The van der Waals surface area contributed by atoms with Gasteiger partial charge in [-0.3, -0.25) is 4.79 Å². The van der Waals surface area contributed by atoms with Gasteiger partial charge in [-0.1, -0.05) is 15.9 Å². The second kappa shape index (κ2) is 7.50. The van der Waals surface area contributed by atoms with Crippen LogP contribution in [0, 0.1) is 11.2 Å². The molecular weight excluding hydrogens is 375 g/mol. The number of ether oxygens (including phenoxy) is 1. The topological polar surface area (TPSA) is 41.6 Å². The number of esters is 1. The van der Waals surface area contributed by atoms with Crippen molar-refractivity contribution in [1.82, 2.24) is 10.2 Å². The SMILES string of the molecule is COC(=O)C[C@H](CN1CC2(CCNCC2)C1)c1cc(Br)ccc1F. The van der Waals surface area contributed by atoms with Crippen LogP contribution < -0.4 is 5.32 Å². The van der Waals surface area contributed by atoms with Crippen molar-refractivity contribution in [1.29, 1.82) is 0 Å². The molecule has 2 aliphatic heterocycles. The lowest BCUT2D eigenvalue weighted by molar-refractivity contribution is -0.141. The van der Waals surface area contributed by atoms with Crippen molar-refractivity contribution in [2.24, 2.45) is 5.41 Å². The summed E-state index contributed by atoms with van der Waals surface area (Å²) in [6.45, 7) is 4.95. The quantitative estimate of drug-likeness (QED) is 0.774. The molecule has 1 N–H and O–H groups in total. The van der Waals surface area contributed by atoms with Gasteiger partial charge in [0, 0.05) is 30.0 Å². The van der Waals surface area contributed by atoms with Crippen LogP contribution in [-0.4, -0.2) is 50.7 Å². The zero-order valence-electron chi connectivity index (χ0n) is 14.0. The summed E-state index contributed by atoms with van der Waals surface area (Å²) in [5, 5.41) is 3.40. The van der Waals surface area contributed by atoms with Gasteiger partial charge < -0.3 is 15.0 Å². The van der Waals surface area contributed by atoms with Crippen LogP contribution in [0.4, 0.5) is 4.39 Å². The fourth-order valence-electron chi connectivity index (χ4n) is 4.00. The van der Waals surface area contributed by atoms with Crippen molar-refractivity contribution in [3.8, 4) is 0 Å². The van der Waals surface area contributed by atoms with E-state index in [2.05, 4.69) is 26.1 Å². The average Bonchev–Trinajstić information content (AvgIpc) is 2.55. The number of piperidine rings is 1. The first kappa shape index (κ1) is 17.8. The molecule has 1 aromatic rings. The van der Waals surface area contributed by atoms with Crippen LogP contribution in [0.5, 0.6) is 0 Å². The molecule has 4 nitrogen and oxygen atoms in total. The van der Waals surface area contributed by atoms with E-state index in [1.165, 1.54) is 26.0 Å². The molecule has 24 heavy (non-hydrogen) atoms. The highest BCUT2D eigenvalue weighted by Gasteiger charge is 2.44. The van der Waals surface area contributed by atoms with Crippen molar-refractivity contribution in [3.05, 3.63) is 34.1 Å². The second-order valence-corrected chi connectivity index (χ2v) is 7.98. The molecule has 2 heterocycles. The molecule has 0 aromatic heterocycles. The van der Waals surface area contributed by atoms with Crippen molar-refractivity contribution in [2.45, 2.75) is 25.2 Å². The first-order chi connectivity index (χ1) is 11.5. The number of nitrogens with one attached hydrogen (secondary N) is 1. The third-order valence-corrected chi connectivity index (χ3v) is 5.79. The predicted octanol–water partition coefficient (Wildman–Crippen LogP) is 2.92. The van der Waals surface area contributed by atoms with Gasteiger partial charge in [0.25, 0.3) is 0 Å². The smallest absolute Gasteiger partial charge is 0.306 e. The Morgan fingerprint density at radius 3 is 2.79 bits per heavy atom. The van der Waals surface area contributed by atoms with E-state index in [-0.39, 0.29) is 24.1 Å². The van der Waals surface area contributed by atoms with Crippen LogP contribution in [-0.2, 0) is 9.53 Å². The number of carbonyl (C=O) groups excluding carboxylic acids is 1. The largest absolute Gasteiger partial charge is 0.469 e. The van der Waals surface area contributed by atoms with Crippen LogP contribution in [0.3, 0.4) is 0 Å². The third-order valence-electron chi connectivity index (χ3n) is 5.30. The van der Waals surface area contributed by atoms with Crippen LogP contribution in [0.25, 0.3) is 0 Å². The Hall–Kier alpha value is -0.980. The first-order valence-corrected chi connectivity index (χ1v) is 9.25. The summed E-state index contributed by atoms with van der Waals surface area (Å²) in [5.74, 6) is -0.741. The van der Waals surface area contributed by atoms with Gasteiger partial charge >= 0.3 is 5.97 Å². The molecule has 0 saturated carbocycles. The van der Waals surface area contributed by atoms with E-state index in [1.54, 1.807) is 12.1 Å². The van der Waals surface area contributed by atoms with E-state index in [0.717, 1.165) is 30.7 Å². The number of hydrogen-bond acceptors (Lipinski definition) is 4. The van der Waals surface area contributed by atoms with E-state index < -0.39 is 0 Å². The molecule has 0 aliphatic carbocycles. The maximum Gasteiger partial charge on any atom is 0.306 e. The van der Waals surface area contributed by atoms with Gasteiger partial charge in [-0.05, 0) is 55.1 Å². The number of hydrogen-bond donors (Lipinski definition) is 1. The van der Waals surface area contributed by atoms with E-state index in [4.69, 9.17) is 4.74 Å². The summed E-state index contributed by atoms with van der Waals surface area (Å²) in [6, 6.07) is 4.92. The van der Waals surface area contributed by atoms with E-state index >= 15 is 0 Å². The monoisotopic (exact) mass is 398 g/mol. The summed E-state index contributed by atoms with van der Waals surface area (Å²) in [7, 11) is 1.38. The van der Waals surface area contributed by atoms with Crippen molar-refractivity contribution in [3.63, 3.8) is 0 Å². The number of carbonyl (C=O) groups is 1.